The topological polar surface area (TPSA) is 35.2 Å². The summed E-state index contributed by atoms with van der Waals surface area (Å²) in [5.41, 5.74) is 7.53. The van der Waals surface area contributed by atoms with Gasteiger partial charge in [0.05, 0.1) is 7.11 Å². The molecule has 0 unspecified atom stereocenters. The zero-order chi connectivity index (χ0) is 10.4. The number of nitrogens with two attached hydrogens (primary N) is 1. The van der Waals surface area contributed by atoms with E-state index in [2.05, 4.69) is 11.8 Å². The van der Waals surface area contributed by atoms with E-state index in [0.29, 0.717) is 6.54 Å². The molecule has 0 atom stereocenters. The van der Waals surface area contributed by atoms with Crippen LogP contribution in [0.15, 0.2) is 18.2 Å². The summed E-state index contributed by atoms with van der Waals surface area (Å²) in [6, 6.07) is 5.86. The van der Waals surface area contributed by atoms with Crippen LogP contribution in [-0.4, -0.2) is 13.7 Å². The lowest BCUT2D eigenvalue weighted by Gasteiger charge is -2.02. The van der Waals surface area contributed by atoms with Crippen LogP contribution < -0.4 is 10.5 Å². The Labute approximate surface area is 85.1 Å². The Morgan fingerprint density at radius 1 is 1.43 bits per heavy atom. The van der Waals surface area contributed by atoms with Crippen LogP contribution in [0.4, 0.5) is 0 Å². The van der Waals surface area contributed by atoms with Crippen LogP contribution in [0.1, 0.15) is 17.5 Å². The molecule has 1 rings (SSSR count). The fraction of sp³-hybridized carbons (Fsp3) is 0.333. The Bertz CT molecular complexity index is 360. The molecule has 0 fully saturated rings. The fourth-order valence-electron chi connectivity index (χ4n) is 1.13. The Morgan fingerprint density at radius 3 is 2.79 bits per heavy atom. The number of aryl methyl sites for hydroxylation is 1. The molecule has 0 aliphatic carbocycles. The molecule has 0 radical (unpaired) electrons. The molecule has 1 aromatic carbocycles. The van der Waals surface area contributed by atoms with Crippen LogP contribution in [0.5, 0.6) is 5.75 Å². The van der Waals surface area contributed by atoms with Gasteiger partial charge in [0.25, 0.3) is 0 Å². The van der Waals surface area contributed by atoms with Crippen molar-refractivity contribution in [3.05, 3.63) is 29.3 Å². The summed E-state index contributed by atoms with van der Waals surface area (Å²) in [5.74, 6) is 6.96. The normalized spacial score (nSPS) is 9.07. The van der Waals surface area contributed by atoms with Crippen molar-refractivity contribution in [2.24, 2.45) is 5.73 Å². The van der Waals surface area contributed by atoms with Crippen LogP contribution in [0, 0.1) is 18.8 Å². The Hall–Kier alpha value is -1.46. The summed E-state index contributed by atoms with van der Waals surface area (Å²) >= 11 is 0. The molecule has 0 spiro atoms. The predicted octanol–water partition coefficient (Wildman–Crippen LogP) is 1.70. The minimum atomic E-state index is 0.613. The minimum Gasteiger partial charge on any atom is -0.497 e. The Balaban J connectivity index is 2.85. The number of rotatable bonds is 2. The first-order valence-corrected chi connectivity index (χ1v) is 4.61. The summed E-state index contributed by atoms with van der Waals surface area (Å²) in [5, 5.41) is 0. The van der Waals surface area contributed by atoms with Crippen LogP contribution in [0.25, 0.3) is 0 Å². The summed E-state index contributed by atoms with van der Waals surface area (Å²) in [7, 11) is 1.66. The van der Waals surface area contributed by atoms with Crippen molar-refractivity contribution in [3.8, 4) is 17.6 Å². The molecule has 2 nitrogen and oxygen atoms in total. The van der Waals surface area contributed by atoms with Gasteiger partial charge in [0.2, 0.25) is 0 Å². The summed E-state index contributed by atoms with van der Waals surface area (Å²) < 4.78 is 5.11. The van der Waals surface area contributed by atoms with E-state index in [1.54, 1.807) is 7.11 Å². The average Bonchev–Trinajstić information content (AvgIpc) is 2.20. The van der Waals surface area contributed by atoms with Crippen molar-refractivity contribution in [1.82, 2.24) is 0 Å². The van der Waals surface area contributed by atoms with E-state index in [1.807, 2.05) is 25.1 Å². The molecule has 0 bridgehead atoms. The van der Waals surface area contributed by atoms with Gasteiger partial charge in [0.15, 0.2) is 0 Å². The smallest absolute Gasteiger partial charge is 0.119 e. The van der Waals surface area contributed by atoms with Crippen LogP contribution in [0.2, 0.25) is 0 Å². The molecule has 0 heterocycles. The van der Waals surface area contributed by atoms with E-state index in [0.717, 1.165) is 23.3 Å². The van der Waals surface area contributed by atoms with E-state index in [1.165, 1.54) is 0 Å². The van der Waals surface area contributed by atoms with E-state index in [9.17, 15) is 0 Å². The molecule has 74 valence electrons. The van der Waals surface area contributed by atoms with Gasteiger partial charge in [0.1, 0.15) is 5.75 Å². The van der Waals surface area contributed by atoms with Gasteiger partial charge in [-0.1, -0.05) is 11.8 Å². The highest BCUT2D eigenvalue weighted by Crippen LogP contribution is 2.15. The highest BCUT2D eigenvalue weighted by Gasteiger charge is 1.96. The van der Waals surface area contributed by atoms with E-state index in [-0.39, 0.29) is 0 Å². The van der Waals surface area contributed by atoms with E-state index >= 15 is 0 Å². The highest BCUT2D eigenvalue weighted by atomic mass is 16.5. The number of ether oxygens (including phenoxy) is 1. The number of hydrogen-bond acceptors (Lipinski definition) is 2. The van der Waals surface area contributed by atoms with Crippen molar-refractivity contribution < 1.29 is 4.74 Å². The summed E-state index contributed by atoms with van der Waals surface area (Å²) in [6.07, 6.45) is 0.742. The third kappa shape index (κ3) is 2.79. The SMILES string of the molecule is COc1ccc(C#CCCN)c(C)c1. The van der Waals surface area contributed by atoms with Gasteiger partial charge >= 0.3 is 0 Å². The second-order valence-electron chi connectivity index (χ2n) is 3.02. The maximum atomic E-state index is 5.35. The lowest BCUT2D eigenvalue weighted by Crippen LogP contribution is -1.95. The predicted molar refractivity (Wildman–Crippen MR) is 58.3 cm³/mol. The first kappa shape index (κ1) is 10.6. The Morgan fingerprint density at radius 2 is 2.21 bits per heavy atom. The number of methoxy groups -OCH3 is 1. The van der Waals surface area contributed by atoms with E-state index in [4.69, 9.17) is 10.5 Å². The molecule has 0 aliphatic heterocycles. The molecule has 2 N–H and O–H groups in total. The van der Waals surface area contributed by atoms with Crippen molar-refractivity contribution >= 4 is 0 Å². The molecule has 14 heavy (non-hydrogen) atoms. The van der Waals surface area contributed by atoms with Gasteiger partial charge in [-0.2, -0.15) is 0 Å². The van der Waals surface area contributed by atoms with E-state index < -0.39 is 0 Å². The zero-order valence-electron chi connectivity index (χ0n) is 8.63. The lowest BCUT2D eigenvalue weighted by molar-refractivity contribution is 0.414. The van der Waals surface area contributed by atoms with Gasteiger partial charge in [-0.15, -0.1) is 0 Å². The van der Waals surface area contributed by atoms with Gasteiger partial charge < -0.3 is 10.5 Å². The minimum absolute atomic E-state index is 0.613. The first-order valence-electron chi connectivity index (χ1n) is 4.61. The zero-order valence-corrected chi connectivity index (χ0v) is 8.63. The van der Waals surface area contributed by atoms with Crippen LogP contribution >= 0.6 is 0 Å². The summed E-state index contributed by atoms with van der Waals surface area (Å²) in [6.45, 7) is 2.64. The molecule has 0 aromatic heterocycles. The maximum Gasteiger partial charge on any atom is 0.119 e. The molecule has 0 aliphatic rings. The fourth-order valence-corrected chi connectivity index (χ4v) is 1.13. The van der Waals surface area contributed by atoms with Crippen molar-refractivity contribution in [2.75, 3.05) is 13.7 Å². The van der Waals surface area contributed by atoms with Crippen molar-refractivity contribution in [2.45, 2.75) is 13.3 Å². The van der Waals surface area contributed by atoms with Gasteiger partial charge in [-0.05, 0) is 30.7 Å². The first-order chi connectivity index (χ1) is 6.77. The van der Waals surface area contributed by atoms with Crippen molar-refractivity contribution in [1.29, 1.82) is 0 Å². The Kier molecular flexibility index (Phi) is 4.03. The molecular weight excluding hydrogens is 174 g/mol. The quantitative estimate of drug-likeness (QED) is 0.719. The molecule has 2 heteroatoms. The monoisotopic (exact) mass is 189 g/mol. The standard InChI is InChI=1S/C12H15NO/c1-10-9-12(14-2)7-6-11(10)5-3-4-8-13/h6-7,9H,4,8,13H2,1-2H3. The lowest BCUT2D eigenvalue weighted by atomic mass is 10.1. The summed E-state index contributed by atoms with van der Waals surface area (Å²) in [4.78, 5) is 0. The molecule has 1 aromatic rings. The molecule has 0 amide bonds. The van der Waals surface area contributed by atoms with Crippen LogP contribution in [-0.2, 0) is 0 Å². The van der Waals surface area contributed by atoms with Crippen LogP contribution in [0.3, 0.4) is 0 Å². The number of benzene rings is 1. The van der Waals surface area contributed by atoms with Gasteiger partial charge in [-0.3, -0.25) is 0 Å². The largest absolute Gasteiger partial charge is 0.497 e. The highest BCUT2D eigenvalue weighted by molar-refractivity contribution is 5.44. The average molecular weight is 189 g/mol. The third-order valence-electron chi connectivity index (χ3n) is 1.93. The second kappa shape index (κ2) is 5.31. The molecule has 0 saturated heterocycles. The third-order valence-corrected chi connectivity index (χ3v) is 1.93. The molecular formula is C12H15NO. The molecule has 0 saturated carbocycles. The van der Waals surface area contributed by atoms with Gasteiger partial charge in [-0.25, -0.2) is 0 Å². The van der Waals surface area contributed by atoms with Crippen molar-refractivity contribution in [3.63, 3.8) is 0 Å². The maximum absolute atomic E-state index is 5.35. The number of hydrogen-bond donors (Lipinski definition) is 1. The second-order valence-corrected chi connectivity index (χ2v) is 3.02. The van der Waals surface area contributed by atoms with Gasteiger partial charge in [0, 0.05) is 18.5 Å².